The lowest BCUT2D eigenvalue weighted by atomic mass is 10.1. The van der Waals surface area contributed by atoms with Gasteiger partial charge >= 0.3 is 0 Å². The fraction of sp³-hybridized carbons (Fsp3) is 0.471. The highest BCUT2D eigenvalue weighted by atomic mass is 32.2. The summed E-state index contributed by atoms with van der Waals surface area (Å²) >= 11 is 1.45. The lowest BCUT2D eigenvalue weighted by Gasteiger charge is -2.07. The first kappa shape index (κ1) is 17.5. The zero-order valence-corrected chi connectivity index (χ0v) is 14.6. The van der Waals surface area contributed by atoms with Crippen LogP contribution in [0.2, 0.25) is 0 Å². The molecular formula is C17H24N4OS. The molecule has 0 radical (unpaired) electrons. The molecule has 5 nitrogen and oxygen atoms in total. The van der Waals surface area contributed by atoms with Crippen molar-refractivity contribution in [1.82, 2.24) is 20.1 Å². The number of benzene rings is 1. The number of carbonyl (C=O) groups excluding carboxylic acids is 1. The van der Waals surface area contributed by atoms with Crippen molar-refractivity contribution in [3.8, 4) is 0 Å². The summed E-state index contributed by atoms with van der Waals surface area (Å²) in [5, 5.41) is 12.2. The average Bonchev–Trinajstić information content (AvgIpc) is 2.99. The van der Waals surface area contributed by atoms with Crippen molar-refractivity contribution in [2.45, 2.75) is 44.8 Å². The SMILES string of the molecule is CCCNC(=O)CSc1nnc(CCc2ccccc2)n1CC. The molecule has 0 saturated carbocycles. The van der Waals surface area contributed by atoms with E-state index in [4.69, 9.17) is 0 Å². The highest BCUT2D eigenvalue weighted by Crippen LogP contribution is 2.17. The normalized spacial score (nSPS) is 10.7. The molecule has 1 aromatic carbocycles. The number of aromatic nitrogens is 3. The molecule has 6 heteroatoms. The van der Waals surface area contributed by atoms with E-state index in [-0.39, 0.29) is 5.91 Å². The Morgan fingerprint density at radius 1 is 1.17 bits per heavy atom. The van der Waals surface area contributed by atoms with Crippen LogP contribution in [0.1, 0.15) is 31.7 Å². The Morgan fingerprint density at radius 3 is 2.65 bits per heavy atom. The summed E-state index contributed by atoms with van der Waals surface area (Å²) in [6.45, 7) is 5.66. The summed E-state index contributed by atoms with van der Waals surface area (Å²) in [6, 6.07) is 10.4. The number of hydrogen-bond acceptors (Lipinski definition) is 4. The largest absolute Gasteiger partial charge is 0.355 e. The summed E-state index contributed by atoms with van der Waals surface area (Å²) < 4.78 is 2.10. The number of amides is 1. The van der Waals surface area contributed by atoms with Gasteiger partial charge in [-0.25, -0.2) is 0 Å². The van der Waals surface area contributed by atoms with Crippen molar-refractivity contribution in [2.24, 2.45) is 0 Å². The Labute approximate surface area is 141 Å². The van der Waals surface area contributed by atoms with Gasteiger partial charge in [0.25, 0.3) is 0 Å². The minimum absolute atomic E-state index is 0.0494. The molecule has 0 spiro atoms. The zero-order valence-electron chi connectivity index (χ0n) is 13.8. The first-order valence-corrected chi connectivity index (χ1v) is 9.08. The van der Waals surface area contributed by atoms with Gasteiger partial charge in [0.2, 0.25) is 5.91 Å². The smallest absolute Gasteiger partial charge is 0.230 e. The maximum absolute atomic E-state index is 11.7. The Bertz CT molecular complexity index is 612. The number of hydrogen-bond donors (Lipinski definition) is 1. The van der Waals surface area contributed by atoms with E-state index in [1.165, 1.54) is 17.3 Å². The van der Waals surface area contributed by atoms with E-state index < -0.39 is 0 Å². The monoisotopic (exact) mass is 332 g/mol. The molecule has 0 aliphatic carbocycles. The minimum Gasteiger partial charge on any atom is -0.355 e. The maximum atomic E-state index is 11.7. The van der Waals surface area contributed by atoms with Gasteiger partial charge in [0.15, 0.2) is 5.16 Å². The second-order valence-corrected chi connectivity index (χ2v) is 6.21. The van der Waals surface area contributed by atoms with Crippen molar-refractivity contribution < 1.29 is 4.79 Å². The van der Waals surface area contributed by atoms with E-state index in [0.717, 1.165) is 43.3 Å². The molecule has 1 aromatic heterocycles. The van der Waals surface area contributed by atoms with Crippen molar-refractivity contribution in [1.29, 1.82) is 0 Å². The molecule has 1 heterocycles. The molecule has 1 amide bonds. The van der Waals surface area contributed by atoms with Gasteiger partial charge in [0, 0.05) is 19.5 Å². The Hall–Kier alpha value is -1.82. The molecule has 23 heavy (non-hydrogen) atoms. The number of rotatable bonds is 9. The summed E-state index contributed by atoms with van der Waals surface area (Å²) in [7, 11) is 0. The molecule has 2 rings (SSSR count). The van der Waals surface area contributed by atoms with Crippen molar-refractivity contribution >= 4 is 17.7 Å². The van der Waals surface area contributed by atoms with Gasteiger partial charge < -0.3 is 9.88 Å². The third kappa shape index (κ3) is 5.39. The van der Waals surface area contributed by atoms with E-state index in [1.54, 1.807) is 0 Å². The van der Waals surface area contributed by atoms with Crippen LogP contribution in [0.15, 0.2) is 35.5 Å². The lowest BCUT2D eigenvalue weighted by Crippen LogP contribution is -2.25. The second-order valence-electron chi connectivity index (χ2n) is 5.27. The molecule has 1 N–H and O–H groups in total. The average molecular weight is 332 g/mol. The topological polar surface area (TPSA) is 59.8 Å². The van der Waals surface area contributed by atoms with Gasteiger partial charge in [-0.2, -0.15) is 0 Å². The molecule has 0 fully saturated rings. The summed E-state index contributed by atoms with van der Waals surface area (Å²) in [5.41, 5.74) is 1.30. The van der Waals surface area contributed by atoms with Gasteiger partial charge in [-0.3, -0.25) is 4.79 Å². The van der Waals surface area contributed by atoms with Crippen molar-refractivity contribution in [3.05, 3.63) is 41.7 Å². The molecule has 0 bridgehead atoms. The number of carbonyl (C=O) groups is 1. The van der Waals surface area contributed by atoms with E-state index >= 15 is 0 Å². The fourth-order valence-electron chi connectivity index (χ4n) is 2.27. The fourth-order valence-corrected chi connectivity index (χ4v) is 3.13. The maximum Gasteiger partial charge on any atom is 0.230 e. The Morgan fingerprint density at radius 2 is 1.96 bits per heavy atom. The molecule has 0 atom stereocenters. The first-order valence-electron chi connectivity index (χ1n) is 8.10. The third-order valence-corrected chi connectivity index (χ3v) is 4.46. The van der Waals surface area contributed by atoms with Gasteiger partial charge in [-0.15, -0.1) is 10.2 Å². The number of nitrogens with one attached hydrogen (secondary N) is 1. The van der Waals surface area contributed by atoms with Gasteiger partial charge in [-0.1, -0.05) is 49.0 Å². The van der Waals surface area contributed by atoms with Crippen LogP contribution in [-0.4, -0.2) is 33.0 Å². The van der Waals surface area contributed by atoms with Crippen LogP contribution in [0.4, 0.5) is 0 Å². The second kappa shape index (κ2) is 9.35. The van der Waals surface area contributed by atoms with E-state index in [0.29, 0.717) is 5.75 Å². The summed E-state index contributed by atoms with van der Waals surface area (Å²) in [4.78, 5) is 11.7. The zero-order chi connectivity index (χ0) is 16.5. The highest BCUT2D eigenvalue weighted by Gasteiger charge is 2.12. The Kier molecular flexibility index (Phi) is 7.13. The van der Waals surface area contributed by atoms with Crippen LogP contribution >= 0.6 is 11.8 Å². The summed E-state index contributed by atoms with van der Waals surface area (Å²) in [5.74, 6) is 1.41. The van der Waals surface area contributed by atoms with E-state index in [2.05, 4.69) is 51.3 Å². The van der Waals surface area contributed by atoms with Crippen LogP contribution < -0.4 is 5.32 Å². The van der Waals surface area contributed by atoms with Crippen LogP contribution in [0.3, 0.4) is 0 Å². The number of aryl methyl sites for hydroxylation is 2. The molecule has 0 saturated heterocycles. The molecule has 124 valence electrons. The van der Waals surface area contributed by atoms with E-state index in [1.807, 2.05) is 13.0 Å². The predicted molar refractivity (Wildman–Crippen MR) is 93.6 cm³/mol. The molecular weight excluding hydrogens is 308 g/mol. The number of thioether (sulfide) groups is 1. The quantitative estimate of drug-likeness (QED) is 0.717. The first-order chi connectivity index (χ1) is 11.2. The minimum atomic E-state index is 0.0494. The molecule has 2 aromatic rings. The lowest BCUT2D eigenvalue weighted by molar-refractivity contribution is -0.118. The number of nitrogens with zero attached hydrogens (tertiary/aromatic N) is 3. The predicted octanol–water partition coefficient (Wildman–Crippen LogP) is 2.70. The molecule has 0 unspecified atom stereocenters. The highest BCUT2D eigenvalue weighted by molar-refractivity contribution is 7.99. The summed E-state index contributed by atoms with van der Waals surface area (Å²) in [6.07, 6.45) is 2.75. The molecule has 0 aliphatic heterocycles. The van der Waals surface area contributed by atoms with Crippen molar-refractivity contribution in [2.75, 3.05) is 12.3 Å². The van der Waals surface area contributed by atoms with E-state index in [9.17, 15) is 4.79 Å². The third-order valence-electron chi connectivity index (χ3n) is 3.49. The van der Waals surface area contributed by atoms with Crippen LogP contribution in [0.25, 0.3) is 0 Å². The van der Waals surface area contributed by atoms with Crippen LogP contribution in [-0.2, 0) is 24.2 Å². The van der Waals surface area contributed by atoms with Gasteiger partial charge in [0.1, 0.15) is 5.82 Å². The standard InChI is InChI=1S/C17H24N4OS/c1-3-12-18-16(22)13-23-17-20-19-15(21(17)4-2)11-10-14-8-6-5-7-9-14/h5-9H,3-4,10-13H2,1-2H3,(H,18,22). The molecule has 0 aliphatic rings. The van der Waals surface area contributed by atoms with Crippen molar-refractivity contribution in [3.63, 3.8) is 0 Å². The van der Waals surface area contributed by atoms with Crippen LogP contribution in [0, 0.1) is 0 Å². The van der Waals surface area contributed by atoms with Crippen LogP contribution in [0.5, 0.6) is 0 Å². The Balaban J connectivity index is 1.92. The van der Waals surface area contributed by atoms with Gasteiger partial charge in [-0.05, 0) is 25.3 Å². The van der Waals surface area contributed by atoms with Gasteiger partial charge in [0.05, 0.1) is 5.75 Å².